The second kappa shape index (κ2) is 7.56. The summed E-state index contributed by atoms with van der Waals surface area (Å²) in [5.41, 5.74) is 1.23. The SMILES string of the molecule is ON=C(Nc1ccc(F)c(Cl)c1)c1nonc1CN1CCOCC1. The maximum Gasteiger partial charge on any atom is 0.201 e. The second-order valence-electron chi connectivity index (χ2n) is 5.15. The zero-order chi connectivity index (χ0) is 16.9. The molecule has 1 aromatic carbocycles. The van der Waals surface area contributed by atoms with Crippen LogP contribution in [0.5, 0.6) is 0 Å². The molecule has 0 radical (unpaired) electrons. The molecule has 0 saturated carbocycles. The molecule has 8 nitrogen and oxygen atoms in total. The van der Waals surface area contributed by atoms with Crippen molar-refractivity contribution < 1.29 is 19.0 Å². The highest BCUT2D eigenvalue weighted by Gasteiger charge is 2.21. The Morgan fingerprint density at radius 3 is 2.88 bits per heavy atom. The van der Waals surface area contributed by atoms with Crippen molar-refractivity contribution in [1.29, 1.82) is 0 Å². The maximum absolute atomic E-state index is 13.2. The summed E-state index contributed by atoms with van der Waals surface area (Å²) in [5, 5.41) is 22.9. The molecule has 0 aliphatic carbocycles. The number of oxime groups is 1. The number of nitrogens with zero attached hydrogens (tertiary/aromatic N) is 4. The first-order valence-electron chi connectivity index (χ1n) is 7.23. The topological polar surface area (TPSA) is 96.0 Å². The quantitative estimate of drug-likeness (QED) is 0.374. The molecule has 2 heterocycles. The molecule has 3 rings (SSSR count). The van der Waals surface area contributed by atoms with Crippen LogP contribution in [-0.2, 0) is 11.3 Å². The van der Waals surface area contributed by atoms with Gasteiger partial charge in [-0.25, -0.2) is 9.02 Å². The van der Waals surface area contributed by atoms with E-state index in [1.165, 1.54) is 18.2 Å². The van der Waals surface area contributed by atoms with Gasteiger partial charge in [-0.05, 0) is 23.4 Å². The standard InChI is InChI=1S/C14H15ClFN5O3/c15-10-7-9(1-2-11(10)16)17-14(18-22)13-12(19-24-20-13)8-21-3-5-23-6-4-21/h1-2,7,22H,3-6,8H2,(H,17,18). The number of amidine groups is 1. The Kier molecular flexibility index (Phi) is 5.24. The lowest BCUT2D eigenvalue weighted by molar-refractivity contribution is 0.0332. The van der Waals surface area contributed by atoms with Crippen molar-refractivity contribution in [3.8, 4) is 0 Å². The summed E-state index contributed by atoms with van der Waals surface area (Å²) in [7, 11) is 0. The Morgan fingerprint density at radius 1 is 1.38 bits per heavy atom. The van der Waals surface area contributed by atoms with E-state index in [4.69, 9.17) is 21.0 Å². The van der Waals surface area contributed by atoms with E-state index in [0.717, 1.165) is 13.1 Å². The highest BCUT2D eigenvalue weighted by Crippen LogP contribution is 2.20. The summed E-state index contributed by atoms with van der Waals surface area (Å²) in [5.74, 6) is -0.511. The van der Waals surface area contributed by atoms with Crippen molar-refractivity contribution in [3.05, 3.63) is 40.4 Å². The third kappa shape index (κ3) is 3.81. The van der Waals surface area contributed by atoms with Crippen molar-refractivity contribution in [3.63, 3.8) is 0 Å². The molecule has 24 heavy (non-hydrogen) atoms. The van der Waals surface area contributed by atoms with Crippen molar-refractivity contribution in [2.45, 2.75) is 6.54 Å². The maximum atomic E-state index is 13.2. The minimum atomic E-state index is -0.541. The fourth-order valence-corrected chi connectivity index (χ4v) is 2.48. The van der Waals surface area contributed by atoms with E-state index in [1.807, 2.05) is 0 Å². The largest absolute Gasteiger partial charge is 0.409 e. The predicted octanol–water partition coefficient (Wildman–Crippen LogP) is 1.94. The summed E-state index contributed by atoms with van der Waals surface area (Å²) < 4.78 is 23.3. The van der Waals surface area contributed by atoms with E-state index in [2.05, 4.69) is 25.7 Å². The Balaban J connectivity index is 1.76. The average Bonchev–Trinajstić information content (AvgIpc) is 3.05. The molecule has 1 fully saturated rings. The summed E-state index contributed by atoms with van der Waals surface area (Å²) in [6, 6.07) is 4.04. The van der Waals surface area contributed by atoms with Gasteiger partial charge < -0.3 is 15.3 Å². The van der Waals surface area contributed by atoms with E-state index in [-0.39, 0.29) is 16.6 Å². The average molecular weight is 356 g/mol. The fraction of sp³-hybridized carbons (Fsp3) is 0.357. The first-order valence-corrected chi connectivity index (χ1v) is 7.61. The van der Waals surface area contributed by atoms with E-state index in [9.17, 15) is 9.60 Å². The van der Waals surface area contributed by atoms with Crippen molar-refractivity contribution >= 4 is 23.1 Å². The monoisotopic (exact) mass is 355 g/mol. The van der Waals surface area contributed by atoms with E-state index in [1.54, 1.807) is 0 Å². The number of ether oxygens (including phenoxy) is 1. The molecule has 0 spiro atoms. The van der Waals surface area contributed by atoms with Crippen LogP contribution >= 0.6 is 11.6 Å². The van der Waals surface area contributed by atoms with Gasteiger partial charge >= 0.3 is 0 Å². The van der Waals surface area contributed by atoms with E-state index >= 15 is 0 Å². The minimum Gasteiger partial charge on any atom is -0.409 e. The van der Waals surface area contributed by atoms with Gasteiger partial charge in [-0.3, -0.25) is 4.90 Å². The smallest absolute Gasteiger partial charge is 0.201 e. The molecule has 128 valence electrons. The van der Waals surface area contributed by atoms with E-state index < -0.39 is 5.82 Å². The number of rotatable bonds is 4. The number of nitrogens with one attached hydrogen (secondary N) is 1. The normalized spacial score (nSPS) is 16.3. The number of halogens is 2. The van der Waals surface area contributed by atoms with Gasteiger partial charge in [-0.2, -0.15) is 0 Å². The Bertz CT molecular complexity index is 733. The van der Waals surface area contributed by atoms with Crippen LogP contribution in [0.3, 0.4) is 0 Å². The lowest BCUT2D eigenvalue weighted by Gasteiger charge is -2.25. The van der Waals surface area contributed by atoms with Crippen LogP contribution in [0, 0.1) is 5.82 Å². The lowest BCUT2D eigenvalue weighted by atomic mass is 10.2. The van der Waals surface area contributed by atoms with Gasteiger partial charge in [-0.1, -0.05) is 21.9 Å². The van der Waals surface area contributed by atoms with Gasteiger partial charge in [0.1, 0.15) is 11.5 Å². The molecule has 0 bridgehead atoms. The van der Waals surface area contributed by atoms with Crippen molar-refractivity contribution in [2.75, 3.05) is 31.6 Å². The summed E-state index contributed by atoms with van der Waals surface area (Å²) in [4.78, 5) is 2.12. The van der Waals surface area contributed by atoms with Gasteiger partial charge in [-0.15, -0.1) is 0 Å². The van der Waals surface area contributed by atoms with Crippen LogP contribution in [0.15, 0.2) is 28.0 Å². The molecule has 0 unspecified atom stereocenters. The number of hydrogen-bond donors (Lipinski definition) is 2. The lowest BCUT2D eigenvalue weighted by Crippen LogP contribution is -2.36. The van der Waals surface area contributed by atoms with Crippen LogP contribution < -0.4 is 5.32 Å². The zero-order valence-electron chi connectivity index (χ0n) is 12.6. The molecule has 1 saturated heterocycles. The van der Waals surface area contributed by atoms with Crippen LogP contribution in [0.4, 0.5) is 10.1 Å². The van der Waals surface area contributed by atoms with Crippen molar-refractivity contribution in [2.24, 2.45) is 5.16 Å². The van der Waals surface area contributed by atoms with Gasteiger partial charge in [0.2, 0.25) is 5.84 Å². The van der Waals surface area contributed by atoms with Crippen LogP contribution in [-0.4, -0.2) is 52.6 Å². The first-order chi connectivity index (χ1) is 11.7. The third-order valence-corrected chi connectivity index (χ3v) is 3.83. The Hall–Kier alpha value is -2.23. The highest BCUT2D eigenvalue weighted by molar-refractivity contribution is 6.31. The van der Waals surface area contributed by atoms with Crippen LogP contribution in [0.1, 0.15) is 11.4 Å². The number of hydrogen-bond acceptors (Lipinski definition) is 7. The zero-order valence-corrected chi connectivity index (χ0v) is 13.3. The Morgan fingerprint density at radius 2 is 2.17 bits per heavy atom. The van der Waals surface area contributed by atoms with Crippen LogP contribution in [0.25, 0.3) is 0 Å². The highest BCUT2D eigenvalue weighted by atomic mass is 35.5. The van der Waals surface area contributed by atoms with Gasteiger partial charge in [0, 0.05) is 25.3 Å². The summed E-state index contributed by atoms with van der Waals surface area (Å²) >= 11 is 5.74. The van der Waals surface area contributed by atoms with Crippen molar-refractivity contribution in [1.82, 2.24) is 15.2 Å². The molecular formula is C14H15ClFN5O3. The molecule has 2 aromatic rings. The Labute approximate surface area is 141 Å². The summed E-state index contributed by atoms with van der Waals surface area (Å²) in [6.07, 6.45) is 0. The molecular weight excluding hydrogens is 341 g/mol. The second-order valence-corrected chi connectivity index (χ2v) is 5.56. The molecule has 1 aliphatic rings. The number of morpholine rings is 1. The molecule has 1 aliphatic heterocycles. The van der Waals surface area contributed by atoms with Gasteiger partial charge in [0.15, 0.2) is 5.69 Å². The van der Waals surface area contributed by atoms with E-state index in [0.29, 0.717) is 31.1 Å². The number of benzene rings is 1. The number of aromatic nitrogens is 2. The summed E-state index contributed by atoms with van der Waals surface area (Å²) in [6.45, 7) is 3.30. The molecule has 10 heteroatoms. The predicted molar refractivity (Wildman–Crippen MR) is 83.8 cm³/mol. The molecule has 2 N–H and O–H groups in total. The van der Waals surface area contributed by atoms with Gasteiger partial charge in [0.05, 0.1) is 18.2 Å². The molecule has 0 atom stereocenters. The third-order valence-electron chi connectivity index (χ3n) is 3.54. The van der Waals surface area contributed by atoms with Crippen LogP contribution in [0.2, 0.25) is 5.02 Å². The molecule has 1 aromatic heterocycles. The first kappa shape index (κ1) is 16.6. The fourth-order valence-electron chi connectivity index (χ4n) is 2.30. The number of anilines is 1. The minimum absolute atomic E-state index is 0.0298. The van der Waals surface area contributed by atoms with Gasteiger partial charge in [0.25, 0.3) is 0 Å². The molecule has 0 amide bonds.